The molecule has 0 aromatic heterocycles. The van der Waals surface area contributed by atoms with E-state index in [1.165, 1.54) is 24.6 Å². The van der Waals surface area contributed by atoms with E-state index < -0.39 is 8.07 Å². The zero-order chi connectivity index (χ0) is 13.3. The van der Waals surface area contributed by atoms with E-state index in [4.69, 9.17) is 0 Å². The van der Waals surface area contributed by atoms with Crippen molar-refractivity contribution in [2.75, 3.05) is 11.9 Å². The molecular formula is C16H27NSi. The van der Waals surface area contributed by atoms with E-state index in [-0.39, 0.29) is 0 Å². The lowest BCUT2D eigenvalue weighted by molar-refractivity contribution is 0.493. The smallest absolute Gasteiger partial charge is 0.0463 e. The maximum Gasteiger partial charge on any atom is 0.0463 e. The van der Waals surface area contributed by atoms with Crippen molar-refractivity contribution < 1.29 is 0 Å². The third-order valence-corrected chi connectivity index (χ3v) is 5.90. The Bertz CT molecular complexity index is 408. The normalized spacial score (nSPS) is 23.9. The number of nitrogens with zero attached hydrogens (tertiary/aromatic N) is 1. The Balaban J connectivity index is 2.29. The molecule has 1 aliphatic heterocycles. The summed E-state index contributed by atoms with van der Waals surface area (Å²) in [6, 6.07) is 11.2. The Hall–Kier alpha value is -0.763. The summed E-state index contributed by atoms with van der Waals surface area (Å²) in [4.78, 5) is 2.54. The van der Waals surface area contributed by atoms with Gasteiger partial charge in [0, 0.05) is 26.9 Å². The molecule has 0 fully saturated rings. The molecule has 0 saturated heterocycles. The predicted octanol–water partition coefficient (Wildman–Crippen LogP) is 4.73. The van der Waals surface area contributed by atoms with Crippen molar-refractivity contribution in [3.05, 3.63) is 29.8 Å². The van der Waals surface area contributed by atoms with Crippen LogP contribution in [0.2, 0.25) is 25.7 Å². The van der Waals surface area contributed by atoms with Crippen LogP contribution in [0, 0.1) is 0 Å². The number of para-hydroxylation sites is 1. The van der Waals surface area contributed by atoms with Crippen LogP contribution in [0.25, 0.3) is 0 Å². The number of benzene rings is 1. The number of rotatable bonds is 3. The van der Waals surface area contributed by atoms with Gasteiger partial charge in [0.2, 0.25) is 0 Å². The largest absolute Gasteiger partial charge is 0.372 e. The van der Waals surface area contributed by atoms with Crippen molar-refractivity contribution >= 4 is 13.8 Å². The summed E-state index contributed by atoms with van der Waals surface area (Å²) in [5.74, 6) is 0.763. The Labute approximate surface area is 113 Å². The maximum absolute atomic E-state index is 2.54. The molecule has 100 valence electrons. The Kier molecular flexibility index (Phi) is 3.86. The van der Waals surface area contributed by atoms with Crippen LogP contribution in [0.3, 0.4) is 0 Å². The molecule has 0 aliphatic carbocycles. The highest BCUT2D eigenvalue weighted by atomic mass is 28.3. The molecular weight excluding hydrogens is 234 g/mol. The van der Waals surface area contributed by atoms with Gasteiger partial charge in [-0.05, 0) is 36.4 Å². The van der Waals surface area contributed by atoms with Crippen LogP contribution in [-0.4, -0.2) is 21.2 Å². The van der Waals surface area contributed by atoms with Crippen LogP contribution in [0.1, 0.15) is 31.2 Å². The monoisotopic (exact) mass is 261 g/mol. The zero-order valence-electron chi connectivity index (χ0n) is 12.5. The third kappa shape index (κ3) is 2.80. The molecule has 0 spiro atoms. The molecule has 0 N–H and O–H groups in total. The number of hydrogen-bond donors (Lipinski definition) is 0. The summed E-state index contributed by atoms with van der Waals surface area (Å²) in [7, 11) is 1.30. The molecule has 0 bridgehead atoms. The van der Waals surface area contributed by atoms with Gasteiger partial charge in [-0.25, -0.2) is 0 Å². The Morgan fingerprint density at radius 1 is 1.22 bits per heavy atom. The van der Waals surface area contributed by atoms with Gasteiger partial charge in [-0.15, -0.1) is 0 Å². The molecule has 1 aliphatic rings. The molecule has 2 atom stereocenters. The van der Waals surface area contributed by atoms with Crippen LogP contribution in [0.15, 0.2) is 24.3 Å². The second-order valence-electron chi connectivity index (χ2n) is 6.93. The fraction of sp³-hybridized carbons (Fsp3) is 0.625. The topological polar surface area (TPSA) is 3.24 Å². The molecule has 0 unspecified atom stereocenters. The van der Waals surface area contributed by atoms with E-state index in [9.17, 15) is 0 Å². The first-order valence-corrected chi connectivity index (χ1v) is 10.9. The van der Waals surface area contributed by atoms with Crippen LogP contribution < -0.4 is 4.90 Å². The minimum atomic E-state index is -0.992. The van der Waals surface area contributed by atoms with Crippen molar-refractivity contribution in [3.63, 3.8) is 0 Å². The SMILES string of the molecule is CC[C@H]1C[C@@H](C[Si](C)(C)C)N(C)c2ccccc21. The van der Waals surface area contributed by atoms with Gasteiger partial charge in [0.15, 0.2) is 0 Å². The highest BCUT2D eigenvalue weighted by Gasteiger charge is 2.32. The molecule has 0 saturated carbocycles. The van der Waals surface area contributed by atoms with Gasteiger partial charge >= 0.3 is 0 Å². The van der Waals surface area contributed by atoms with Crippen molar-refractivity contribution in [1.82, 2.24) is 0 Å². The van der Waals surface area contributed by atoms with Crippen LogP contribution >= 0.6 is 0 Å². The second kappa shape index (κ2) is 5.08. The number of fused-ring (bicyclic) bond motifs is 1. The second-order valence-corrected chi connectivity index (χ2v) is 12.5. The minimum absolute atomic E-state index is 0.747. The lowest BCUT2D eigenvalue weighted by Gasteiger charge is -2.42. The average molecular weight is 261 g/mol. The lowest BCUT2D eigenvalue weighted by atomic mass is 9.85. The zero-order valence-corrected chi connectivity index (χ0v) is 13.5. The summed E-state index contributed by atoms with van der Waals surface area (Å²) < 4.78 is 0. The average Bonchev–Trinajstić information content (AvgIpc) is 2.31. The molecule has 18 heavy (non-hydrogen) atoms. The van der Waals surface area contributed by atoms with Gasteiger partial charge in [0.25, 0.3) is 0 Å². The first kappa shape index (κ1) is 13.7. The summed E-state index contributed by atoms with van der Waals surface area (Å²) in [6.07, 6.45) is 2.61. The molecule has 2 rings (SSSR count). The third-order valence-electron chi connectivity index (χ3n) is 4.20. The maximum atomic E-state index is 2.54. The van der Waals surface area contributed by atoms with Gasteiger partial charge in [-0.2, -0.15) is 0 Å². The van der Waals surface area contributed by atoms with Gasteiger partial charge in [0.05, 0.1) is 0 Å². The summed E-state index contributed by atoms with van der Waals surface area (Å²) in [6.45, 7) is 9.80. The molecule has 1 heterocycles. The Morgan fingerprint density at radius 2 is 1.89 bits per heavy atom. The van der Waals surface area contributed by atoms with Gasteiger partial charge in [-0.1, -0.05) is 44.8 Å². The summed E-state index contributed by atoms with van der Waals surface area (Å²) in [5.41, 5.74) is 3.04. The summed E-state index contributed by atoms with van der Waals surface area (Å²) >= 11 is 0. The summed E-state index contributed by atoms with van der Waals surface area (Å²) in [5, 5.41) is 0. The van der Waals surface area contributed by atoms with E-state index in [2.05, 4.69) is 62.8 Å². The van der Waals surface area contributed by atoms with Crippen LogP contribution in [0.5, 0.6) is 0 Å². The standard InChI is InChI=1S/C16H27NSi/c1-6-13-11-14(12-18(3,4)5)17(2)16-10-8-7-9-15(13)16/h7-10,13-14H,6,11-12H2,1-5H3/t13-,14-/m0/s1. The lowest BCUT2D eigenvalue weighted by Crippen LogP contribution is -2.42. The van der Waals surface area contributed by atoms with E-state index in [0.29, 0.717) is 0 Å². The molecule has 2 heteroatoms. The predicted molar refractivity (Wildman–Crippen MR) is 84.4 cm³/mol. The molecule has 0 amide bonds. The van der Waals surface area contributed by atoms with Crippen molar-refractivity contribution in [2.24, 2.45) is 0 Å². The van der Waals surface area contributed by atoms with Crippen LogP contribution in [0.4, 0.5) is 5.69 Å². The van der Waals surface area contributed by atoms with Crippen molar-refractivity contribution in [1.29, 1.82) is 0 Å². The molecule has 1 nitrogen and oxygen atoms in total. The quantitative estimate of drug-likeness (QED) is 0.711. The van der Waals surface area contributed by atoms with Gasteiger partial charge in [-0.3, -0.25) is 0 Å². The van der Waals surface area contributed by atoms with E-state index in [0.717, 1.165) is 12.0 Å². The molecule has 1 aromatic carbocycles. The van der Waals surface area contributed by atoms with E-state index in [1.54, 1.807) is 5.56 Å². The highest BCUT2D eigenvalue weighted by molar-refractivity contribution is 6.76. The van der Waals surface area contributed by atoms with E-state index in [1.807, 2.05) is 0 Å². The minimum Gasteiger partial charge on any atom is -0.372 e. The highest BCUT2D eigenvalue weighted by Crippen LogP contribution is 2.41. The first-order chi connectivity index (χ1) is 8.42. The Morgan fingerprint density at radius 3 is 2.50 bits per heavy atom. The van der Waals surface area contributed by atoms with Crippen molar-refractivity contribution in [2.45, 2.75) is 57.4 Å². The molecule has 0 radical (unpaired) electrons. The van der Waals surface area contributed by atoms with Gasteiger partial charge in [0.1, 0.15) is 0 Å². The fourth-order valence-electron chi connectivity index (χ4n) is 3.28. The number of anilines is 1. The van der Waals surface area contributed by atoms with Gasteiger partial charge < -0.3 is 4.90 Å². The van der Waals surface area contributed by atoms with Crippen molar-refractivity contribution in [3.8, 4) is 0 Å². The van der Waals surface area contributed by atoms with Crippen LogP contribution in [-0.2, 0) is 0 Å². The van der Waals surface area contributed by atoms with E-state index >= 15 is 0 Å². The first-order valence-electron chi connectivity index (χ1n) is 7.24. The number of hydrogen-bond acceptors (Lipinski definition) is 1. The fourth-order valence-corrected chi connectivity index (χ4v) is 5.13. The molecule has 1 aromatic rings.